The van der Waals surface area contributed by atoms with Crippen molar-refractivity contribution in [2.75, 3.05) is 18.5 Å². The molecule has 2 rings (SSSR count). The Bertz CT molecular complexity index is 411. The van der Waals surface area contributed by atoms with Crippen molar-refractivity contribution in [3.05, 3.63) is 29.3 Å². The molecule has 0 aliphatic carbocycles. The largest absolute Gasteiger partial charge is 0.416 e. The molecule has 18 heavy (non-hydrogen) atoms. The molecule has 0 bridgehead atoms. The molecule has 1 aromatic carbocycles. The van der Waals surface area contributed by atoms with Crippen LogP contribution in [0, 0.1) is 6.92 Å². The van der Waals surface area contributed by atoms with E-state index in [9.17, 15) is 13.2 Å². The highest BCUT2D eigenvalue weighted by Gasteiger charge is 2.31. The van der Waals surface area contributed by atoms with Crippen molar-refractivity contribution in [3.63, 3.8) is 0 Å². The molecule has 1 heterocycles. The van der Waals surface area contributed by atoms with Gasteiger partial charge in [0.1, 0.15) is 0 Å². The summed E-state index contributed by atoms with van der Waals surface area (Å²) < 4.78 is 43.1. The zero-order valence-electron chi connectivity index (χ0n) is 10.2. The van der Waals surface area contributed by atoms with Crippen molar-refractivity contribution in [2.24, 2.45) is 0 Å². The highest BCUT2D eigenvalue weighted by Crippen LogP contribution is 2.32. The van der Waals surface area contributed by atoms with Gasteiger partial charge in [-0.2, -0.15) is 13.2 Å². The van der Waals surface area contributed by atoms with E-state index >= 15 is 0 Å². The summed E-state index contributed by atoms with van der Waals surface area (Å²) in [5, 5.41) is 3.18. The zero-order valence-corrected chi connectivity index (χ0v) is 10.2. The number of hydrogen-bond donors (Lipinski definition) is 1. The van der Waals surface area contributed by atoms with Crippen molar-refractivity contribution in [1.29, 1.82) is 0 Å². The van der Waals surface area contributed by atoms with E-state index in [4.69, 9.17) is 4.74 Å². The monoisotopic (exact) mass is 259 g/mol. The van der Waals surface area contributed by atoms with Crippen molar-refractivity contribution in [1.82, 2.24) is 0 Å². The molecule has 0 unspecified atom stereocenters. The molecule has 1 saturated heterocycles. The van der Waals surface area contributed by atoms with Gasteiger partial charge in [0.05, 0.1) is 5.56 Å². The van der Waals surface area contributed by atoms with Gasteiger partial charge in [-0.05, 0) is 37.5 Å². The van der Waals surface area contributed by atoms with E-state index < -0.39 is 11.7 Å². The number of hydrogen-bond acceptors (Lipinski definition) is 2. The Balaban J connectivity index is 2.15. The number of halogens is 3. The second-order valence-corrected chi connectivity index (χ2v) is 4.56. The molecule has 1 N–H and O–H groups in total. The predicted molar refractivity (Wildman–Crippen MR) is 63.6 cm³/mol. The molecule has 0 atom stereocenters. The average Bonchev–Trinajstić information content (AvgIpc) is 2.32. The van der Waals surface area contributed by atoms with Gasteiger partial charge in [0.2, 0.25) is 0 Å². The van der Waals surface area contributed by atoms with Crippen LogP contribution in [0.3, 0.4) is 0 Å². The summed E-state index contributed by atoms with van der Waals surface area (Å²) >= 11 is 0. The molecule has 0 amide bonds. The van der Waals surface area contributed by atoms with Crippen LogP contribution in [-0.2, 0) is 10.9 Å². The first-order valence-electron chi connectivity index (χ1n) is 5.99. The molecule has 0 saturated carbocycles. The normalized spacial score (nSPS) is 17.8. The first-order valence-corrected chi connectivity index (χ1v) is 5.99. The standard InChI is InChI=1S/C13H16F3NO/c1-9-2-3-10(13(14,15)16)8-12(9)17-11-4-6-18-7-5-11/h2-3,8,11,17H,4-7H2,1H3. The Hall–Kier alpha value is -1.23. The van der Waals surface area contributed by atoms with Crippen LogP contribution in [-0.4, -0.2) is 19.3 Å². The number of aryl methyl sites for hydroxylation is 1. The second-order valence-electron chi connectivity index (χ2n) is 4.56. The fourth-order valence-electron chi connectivity index (χ4n) is 2.02. The summed E-state index contributed by atoms with van der Waals surface area (Å²) in [7, 11) is 0. The molecule has 2 nitrogen and oxygen atoms in total. The lowest BCUT2D eigenvalue weighted by Crippen LogP contribution is -2.28. The molecule has 100 valence electrons. The third-order valence-electron chi connectivity index (χ3n) is 3.15. The highest BCUT2D eigenvalue weighted by molar-refractivity contribution is 5.53. The Morgan fingerprint density at radius 3 is 2.50 bits per heavy atom. The summed E-state index contributed by atoms with van der Waals surface area (Å²) in [6, 6.07) is 4.00. The number of nitrogens with one attached hydrogen (secondary N) is 1. The molecule has 0 aromatic heterocycles. The van der Waals surface area contributed by atoms with E-state index in [1.54, 1.807) is 0 Å². The van der Waals surface area contributed by atoms with Crippen LogP contribution in [0.5, 0.6) is 0 Å². The van der Waals surface area contributed by atoms with Gasteiger partial charge in [-0.15, -0.1) is 0 Å². The van der Waals surface area contributed by atoms with Crippen LogP contribution in [0.1, 0.15) is 24.0 Å². The van der Waals surface area contributed by atoms with E-state index in [1.165, 1.54) is 12.1 Å². The summed E-state index contributed by atoms with van der Waals surface area (Å²) in [5.41, 5.74) is 0.786. The molecule has 1 aromatic rings. The van der Waals surface area contributed by atoms with Gasteiger partial charge in [0.25, 0.3) is 0 Å². The minimum absolute atomic E-state index is 0.195. The fourth-order valence-corrected chi connectivity index (χ4v) is 2.02. The number of benzene rings is 1. The Morgan fingerprint density at radius 2 is 1.89 bits per heavy atom. The van der Waals surface area contributed by atoms with E-state index in [0.29, 0.717) is 18.9 Å². The Kier molecular flexibility index (Phi) is 3.80. The maximum atomic E-state index is 12.6. The number of alkyl halides is 3. The van der Waals surface area contributed by atoms with Gasteiger partial charge in [-0.1, -0.05) is 6.07 Å². The SMILES string of the molecule is Cc1ccc(C(F)(F)F)cc1NC1CCOCC1. The van der Waals surface area contributed by atoms with Gasteiger partial charge >= 0.3 is 6.18 Å². The molecular weight excluding hydrogens is 243 g/mol. The van der Waals surface area contributed by atoms with Crippen molar-refractivity contribution in [3.8, 4) is 0 Å². The fraction of sp³-hybridized carbons (Fsp3) is 0.538. The molecule has 0 spiro atoms. The van der Waals surface area contributed by atoms with E-state index in [1.807, 2.05) is 6.92 Å². The van der Waals surface area contributed by atoms with Gasteiger partial charge in [0.15, 0.2) is 0 Å². The first-order chi connectivity index (χ1) is 8.47. The minimum Gasteiger partial charge on any atom is -0.382 e. The molecule has 1 aliphatic heterocycles. The van der Waals surface area contributed by atoms with Gasteiger partial charge in [0, 0.05) is 24.9 Å². The maximum Gasteiger partial charge on any atom is 0.416 e. The van der Waals surface area contributed by atoms with Crippen LogP contribution >= 0.6 is 0 Å². The zero-order chi connectivity index (χ0) is 13.2. The van der Waals surface area contributed by atoms with Crippen molar-refractivity contribution in [2.45, 2.75) is 32.0 Å². The Morgan fingerprint density at radius 1 is 1.22 bits per heavy atom. The molecular formula is C13H16F3NO. The quantitative estimate of drug-likeness (QED) is 0.876. The molecule has 1 fully saturated rings. The third kappa shape index (κ3) is 3.16. The molecule has 1 aliphatic rings. The van der Waals surface area contributed by atoms with E-state index in [2.05, 4.69) is 5.32 Å². The van der Waals surface area contributed by atoms with Gasteiger partial charge in [-0.25, -0.2) is 0 Å². The van der Waals surface area contributed by atoms with Crippen LogP contribution < -0.4 is 5.32 Å². The van der Waals surface area contributed by atoms with Crippen LogP contribution in [0.4, 0.5) is 18.9 Å². The summed E-state index contributed by atoms with van der Waals surface area (Å²) in [5.74, 6) is 0. The predicted octanol–water partition coefficient (Wildman–Crippen LogP) is 3.60. The highest BCUT2D eigenvalue weighted by atomic mass is 19.4. The number of ether oxygens (including phenoxy) is 1. The van der Waals surface area contributed by atoms with Crippen molar-refractivity contribution >= 4 is 5.69 Å². The topological polar surface area (TPSA) is 21.3 Å². The lowest BCUT2D eigenvalue weighted by molar-refractivity contribution is -0.137. The Labute approximate surface area is 104 Å². The van der Waals surface area contributed by atoms with Crippen molar-refractivity contribution < 1.29 is 17.9 Å². The third-order valence-corrected chi connectivity index (χ3v) is 3.15. The van der Waals surface area contributed by atoms with Crippen LogP contribution in [0.2, 0.25) is 0 Å². The van der Waals surface area contributed by atoms with Crippen LogP contribution in [0.15, 0.2) is 18.2 Å². The lowest BCUT2D eigenvalue weighted by atomic mass is 10.1. The average molecular weight is 259 g/mol. The number of anilines is 1. The van der Waals surface area contributed by atoms with Gasteiger partial charge in [-0.3, -0.25) is 0 Å². The summed E-state index contributed by atoms with van der Waals surface area (Å²) in [4.78, 5) is 0. The van der Waals surface area contributed by atoms with Crippen LogP contribution in [0.25, 0.3) is 0 Å². The van der Waals surface area contributed by atoms with E-state index in [0.717, 1.165) is 24.5 Å². The first kappa shape index (κ1) is 13.2. The molecule has 0 radical (unpaired) electrons. The lowest BCUT2D eigenvalue weighted by Gasteiger charge is -2.25. The maximum absolute atomic E-state index is 12.6. The second kappa shape index (κ2) is 5.18. The van der Waals surface area contributed by atoms with Gasteiger partial charge < -0.3 is 10.1 Å². The smallest absolute Gasteiger partial charge is 0.382 e. The summed E-state index contributed by atoms with van der Waals surface area (Å²) in [6.07, 6.45) is -2.63. The minimum atomic E-state index is -4.29. The molecule has 5 heteroatoms. The summed E-state index contributed by atoms with van der Waals surface area (Å²) in [6.45, 7) is 3.13. The number of rotatable bonds is 2. The van der Waals surface area contributed by atoms with E-state index in [-0.39, 0.29) is 6.04 Å².